The van der Waals surface area contributed by atoms with Crippen LogP contribution in [0.1, 0.15) is 27.4 Å². The van der Waals surface area contributed by atoms with E-state index in [1.807, 2.05) is 60.7 Å². The van der Waals surface area contributed by atoms with E-state index in [0.29, 0.717) is 0 Å². The molecule has 0 saturated carbocycles. The van der Waals surface area contributed by atoms with Crippen molar-refractivity contribution in [2.45, 2.75) is 5.92 Å². The minimum atomic E-state index is -1.08. The van der Waals surface area contributed by atoms with Crippen molar-refractivity contribution in [3.63, 3.8) is 0 Å². The molecule has 26 heavy (non-hydrogen) atoms. The Morgan fingerprint density at radius 3 is 1.88 bits per heavy atom. The Labute approximate surface area is 156 Å². The summed E-state index contributed by atoms with van der Waals surface area (Å²) in [5.41, 5.74) is 2.00. The van der Waals surface area contributed by atoms with Crippen molar-refractivity contribution in [2.24, 2.45) is 0 Å². The summed E-state index contributed by atoms with van der Waals surface area (Å²) >= 11 is 6.13. The van der Waals surface area contributed by atoms with Crippen LogP contribution in [0.2, 0.25) is 5.02 Å². The maximum Gasteiger partial charge on any atom is 0.335 e. The van der Waals surface area contributed by atoms with Gasteiger partial charge in [-0.25, -0.2) is 4.79 Å². The van der Waals surface area contributed by atoms with Gasteiger partial charge < -0.3 is 10.4 Å². The Morgan fingerprint density at radius 1 is 0.846 bits per heavy atom. The predicted octanol–water partition coefficient (Wildman–Crippen LogP) is 4.81. The van der Waals surface area contributed by atoms with E-state index in [-0.39, 0.29) is 22.2 Å². The second kappa shape index (κ2) is 7.85. The highest BCUT2D eigenvalue weighted by atomic mass is 35.5. The third-order valence-corrected chi connectivity index (χ3v) is 4.33. The normalized spacial score (nSPS) is 10.5. The number of hydrogen-bond donors (Lipinski definition) is 2. The van der Waals surface area contributed by atoms with Crippen molar-refractivity contribution in [2.75, 3.05) is 5.32 Å². The molecule has 0 bridgehead atoms. The van der Waals surface area contributed by atoms with Crippen LogP contribution in [-0.4, -0.2) is 17.0 Å². The monoisotopic (exact) mass is 365 g/mol. The molecule has 3 aromatic rings. The van der Waals surface area contributed by atoms with Gasteiger partial charge in [0.25, 0.3) is 0 Å². The zero-order chi connectivity index (χ0) is 18.5. The number of benzene rings is 3. The quantitative estimate of drug-likeness (QED) is 0.682. The molecule has 0 spiro atoms. The number of carboxylic acids is 1. The molecule has 3 aromatic carbocycles. The Morgan fingerprint density at radius 2 is 1.38 bits per heavy atom. The molecule has 0 fully saturated rings. The van der Waals surface area contributed by atoms with E-state index in [9.17, 15) is 9.59 Å². The molecule has 4 nitrogen and oxygen atoms in total. The summed E-state index contributed by atoms with van der Waals surface area (Å²) in [7, 11) is 0. The first-order chi connectivity index (χ1) is 12.6. The van der Waals surface area contributed by atoms with Crippen LogP contribution >= 0.6 is 11.6 Å². The zero-order valence-electron chi connectivity index (χ0n) is 13.7. The van der Waals surface area contributed by atoms with Gasteiger partial charge in [-0.1, -0.05) is 72.3 Å². The molecule has 0 heterocycles. The molecule has 0 aliphatic heterocycles. The number of hydrogen-bond acceptors (Lipinski definition) is 2. The number of aromatic carboxylic acids is 1. The van der Waals surface area contributed by atoms with Crippen LogP contribution in [0.25, 0.3) is 0 Å². The first-order valence-corrected chi connectivity index (χ1v) is 8.37. The van der Waals surface area contributed by atoms with Gasteiger partial charge in [-0.15, -0.1) is 0 Å². The van der Waals surface area contributed by atoms with E-state index >= 15 is 0 Å². The Hall–Kier alpha value is -3.11. The summed E-state index contributed by atoms with van der Waals surface area (Å²) in [5.74, 6) is -1.91. The maximum absolute atomic E-state index is 13.0. The van der Waals surface area contributed by atoms with Gasteiger partial charge in [0, 0.05) is 0 Å². The molecule has 0 aliphatic rings. The number of rotatable bonds is 5. The minimum absolute atomic E-state index is 0.0562. The maximum atomic E-state index is 13.0. The number of anilines is 1. The Bertz CT molecular complexity index is 887. The fourth-order valence-electron chi connectivity index (χ4n) is 2.75. The van der Waals surface area contributed by atoms with Crippen LogP contribution in [0.4, 0.5) is 5.69 Å². The molecule has 2 N–H and O–H groups in total. The molecular weight excluding hydrogens is 350 g/mol. The molecule has 130 valence electrons. The van der Waals surface area contributed by atoms with Crippen LogP contribution in [0.15, 0.2) is 78.9 Å². The highest BCUT2D eigenvalue weighted by Crippen LogP contribution is 2.29. The van der Waals surface area contributed by atoms with E-state index < -0.39 is 11.9 Å². The third kappa shape index (κ3) is 3.92. The Kier molecular flexibility index (Phi) is 5.34. The predicted molar refractivity (Wildman–Crippen MR) is 102 cm³/mol. The van der Waals surface area contributed by atoms with E-state index in [4.69, 9.17) is 16.7 Å². The highest BCUT2D eigenvalue weighted by molar-refractivity contribution is 6.34. The first kappa shape index (κ1) is 17.7. The highest BCUT2D eigenvalue weighted by Gasteiger charge is 2.23. The zero-order valence-corrected chi connectivity index (χ0v) is 14.5. The van der Waals surface area contributed by atoms with Crippen molar-refractivity contribution in [1.82, 2.24) is 0 Å². The van der Waals surface area contributed by atoms with Crippen molar-refractivity contribution in [1.29, 1.82) is 0 Å². The average molecular weight is 366 g/mol. The number of carbonyl (C=O) groups excluding carboxylic acids is 1. The lowest BCUT2D eigenvalue weighted by atomic mass is 9.90. The molecule has 0 atom stereocenters. The molecule has 3 rings (SSSR count). The summed E-state index contributed by atoms with van der Waals surface area (Å²) < 4.78 is 0. The van der Waals surface area contributed by atoms with Crippen LogP contribution in [0.5, 0.6) is 0 Å². The SMILES string of the molecule is O=C(O)c1ccc(Cl)c(NC(=O)C(c2ccccc2)c2ccccc2)c1. The molecule has 5 heteroatoms. The van der Waals surface area contributed by atoms with Gasteiger partial charge in [-0.2, -0.15) is 0 Å². The topological polar surface area (TPSA) is 66.4 Å². The lowest BCUT2D eigenvalue weighted by Crippen LogP contribution is -2.22. The van der Waals surface area contributed by atoms with E-state index in [0.717, 1.165) is 11.1 Å². The molecule has 0 unspecified atom stereocenters. The molecular formula is C21H16ClNO3. The number of halogens is 1. The van der Waals surface area contributed by atoms with Crippen LogP contribution in [-0.2, 0) is 4.79 Å². The minimum Gasteiger partial charge on any atom is -0.478 e. The summed E-state index contributed by atoms with van der Waals surface area (Å²) in [6.45, 7) is 0. The van der Waals surface area contributed by atoms with Crippen LogP contribution in [0, 0.1) is 0 Å². The second-order valence-corrected chi connectivity index (χ2v) is 6.15. The number of amides is 1. The van der Waals surface area contributed by atoms with Crippen LogP contribution < -0.4 is 5.32 Å². The van der Waals surface area contributed by atoms with Gasteiger partial charge in [-0.3, -0.25) is 4.79 Å². The fraction of sp³-hybridized carbons (Fsp3) is 0.0476. The summed E-state index contributed by atoms with van der Waals surface area (Å²) in [4.78, 5) is 24.2. The van der Waals surface area contributed by atoms with Gasteiger partial charge >= 0.3 is 5.97 Å². The number of carboxylic acid groups (broad SMARTS) is 1. The van der Waals surface area contributed by atoms with Crippen molar-refractivity contribution in [3.05, 3.63) is 101 Å². The molecule has 0 aromatic heterocycles. The van der Waals surface area contributed by atoms with Gasteiger partial charge in [-0.05, 0) is 29.3 Å². The summed E-state index contributed by atoms with van der Waals surface area (Å²) in [6.07, 6.45) is 0. The van der Waals surface area contributed by atoms with E-state index in [2.05, 4.69) is 5.32 Å². The van der Waals surface area contributed by atoms with Crippen LogP contribution in [0.3, 0.4) is 0 Å². The van der Waals surface area contributed by atoms with Gasteiger partial charge in [0.1, 0.15) is 0 Å². The second-order valence-electron chi connectivity index (χ2n) is 5.74. The lowest BCUT2D eigenvalue weighted by molar-refractivity contribution is -0.116. The molecule has 0 aliphatic carbocycles. The largest absolute Gasteiger partial charge is 0.478 e. The number of nitrogens with one attached hydrogen (secondary N) is 1. The fourth-order valence-corrected chi connectivity index (χ4v) is 2.91. The third-order valence-electron chi connectivity index (χ3n) is 4.00. The van der Waals surface area contributed by atoms with Gasteiger partial charge in [0.15, 0.2) is 0 Å². The smallest absolute Gasteiger partial charge is 0.335 e. The summed E-state index contributed by atoms with van der Waals surface area (Å²) in [5, 5.41) is 12.2. The first-order valence-electron chi connectivity index (χ1n) is 8.00. The number of carbonyl (C=O) groups is 2. The average Bonchev–Trinajstić information content (AvgIpc) is 2.65. The Balaban J connectivity index is 1.97. The van der Waals surface area contributed by atoms with E-state index in [1.54, 1.807) is 0 Å². The van der Waals surface area contributed by atoms with Crippen molar-refractivity contribution < 1.29 is 14.7 Å². The lowest BCUT2D eigenvalue weighted by Gasteiger charge is -2.18. The summed E-state index contributed by atoms with van der Waals surface area (Å²) in [6, 6.07) is 23.0. The van der Waals surface area contributed by atoms with E-state index in [1.165, 1.54) is 18.2 Å². The van der Waals surface area contributed by atoms with Gasteiger partial charge in [0.05, 0.1) is 22.2 Å². The van der Waals surface area contributed by atoms with Gasteiger partial charge in [0.2, 0.25) is 5.91 Å². The molecule has 0 saturated heterocycles. The van der Waals surface area contributed by atoms with Crippen molar-refractivity contribution in [3.8, 4) is 0 Å². The molecule has 0 radical (unpaired) electrons. The standard InChI is InChI=1S/C21H16ClNO3/c22-17-12-11-16(21(25)26)13-18(17)23-20(24)19(14-7-3-1-4-8-14)15-9-5-2-6-10-15/h1-13,19H,(H,23,24)(H,25,26). The molecule has 1 amide bonds. The van der Waals surface area contributed by atoms with Crippen molar-refractivity contribution >= 4 is 29.2 Å².